The van der Waals surface area contributed by atoms with Gasteiger partial charge in [0.1, 0.15) is 5.54 Å². The van der Waals surface area contributed by atoms with Crippen molar-refractivity contribution in [1.29, 1.82) is 0 Å². The van der Waals surface area contributed by atoms with E-state index >= 15 is 0 Å². The van der Waals surface area contributed by atoms with Crippen molar-refractivity contribution in [1.82, 2.24) is 5.32 Å². The van der Waals surface area contributed by atoms with Crippen LogP contribution in [0.2, 0.25) is 0 Å². The zero-order valence-corrected chi connectivity index (χ0v) is 13.9. The van der Waals surface area contributed by atoms with Crippen molar-refractivity contribution in [3.8, 4) is 0 Å². The highest BCUT2D eigenvalue weighted by atomic mass is 79.9. The van der Waals surface area contributed by atoms with Gasteiger partial charge in [0.15, 0.2) is 0 Å². The van der Waals surface area contributed by atoms with Crippen LogP contribution in [-0.4, -0.2) is 22.5 Å². The maximum atomic E-state index is 12.1. The topological polar surface area (TPSA) is 66.4 Å². The minimum Gasteiger partial charge on any atom is -0.480 e. The molecule has 0 spiro atoms. The van der Waals surface area contributed by atoms with E-state index in [1.807, 2.05) is 6.92 Å². The molecule has 4 nitrogen and oxygen atoms in total. The zero-order valence-electron chi connectivity index (χ0n) is 9.92. The van der Waals surface area contributed by atoms with Crippen LogP contribution in [0.1, 0.15) is 37.0 Å². The molecule has 0 saturated carbocycles. The lowest BCUT2D eigenvalue weighted by molar-refractivity contribution is -0.144. The maximum Gasteiger partial charge on any atom is 0.329 e. The Morgan fingerprint density at radius 3 is 2.50 bits per heavy atom. The molecule has 0 saturated heterocycles. The minimum atomic E-state index is -1.24. The average molecular weight is 399 g/mol. The first-order chi connectivity index (χ1) is 8.30. The number of carboxylic acid groups (broad SMARTS) is 1. The Balaban J connectivity index is 2.92. The van der Waals surface area contributed by atoms with Gasteiger partial charge in [-0.25, -0.2) is 4.79 Å². The molecule has 18 heavy (non-hydrogen) atoms. The van der Waals surface area contributed by atoms with E-state index < -0.39 is 11.5 Å². The summed E-state index contributed by atoms with van der Waals surface area (Å²) in [5, 5.41) is 11.8. The predicted molar refractivity (Wildman–Crippen MR) is 78.1 cm³/mol. The smallest absolute Gasteiger partial charge is 0.329 e. The van der Waals surface area contributed by atoms with Crippen molar-refractivity contribution in [3.05, 3.63) is 19.2 Å². The molecule has 0 aliphatic heterocycles. The molecular weight excluding hydrogens is 386 g/mol. The fourth-order valence-electron chi connectivity index (χ4n) is 1.54. The first-order valence-corrected chi connectivity index (χ1v) is 7.71. The highest BCUT2D eigenvalue weighted by molar-refractivity contribution is 9.12. The molecule has 1 atom stereocenters. The molecule has 2 N–H and O–H groups in total. The fourth-order valence-corrected chi connectivity index (χ4v) is 4.33. The third-order valence-electron chi connectivity index (χ3n) is 2.51. The number of hydrogen-bond donors (Lipinski definition) is 2. The summed E-state index contributed by atoms with van der Waals surface area (Å²) < 4.78 is 1.49. The van der Waals surface area contributed by atoms with Crippen LogP contribution in [0, 0.1) is 0 Å². The Labute approximate surface area is 126 Å². The summed E-state index contributed by atoms with van der Waals surface area (Å²) in [7, 11) is 0. The molecule has 1 aromatic rings. The van der Waals surface area contributed by atoms with Gasteiger partial charge in [-0.1, -0.05) is 13.3 Å². The first kappa shape index (κ1) is 15.7. The number of nitrogens with one attached hydrogen (secondary N) is 1. The van der Waals surface area contributed by atoms with Gasteiger partial charge < -0.3 is 10.4 Å². The van der Waals surface area contributed by atoms with E-state index in [1.165, 1.54) is 18.3 Å². The monoisotopic (exact) mass is 397 g/mol. The van der Waals surface area contributed by atoms with Crippen LogP contribution in [0.15, 0.2) is 13.6 Å². The van der Waals surface area contributed by atoms with Crippen LogP contribution < -0.4 is 5.32 Å². The average Bonchev–Trinajstić information content (AvgIpc) is 2.57. The summed E-state index contributed by atoms with van der Waals surface area (Å²) in [6.07, 6.45) is 1.06. The van der Waals surface area contributed by atoms with E-state index in [0.29, 0.717) is 22.2 Å². The molecule has 0 aliphatic rings. The van der Waals surface area contributed by atoms with E-state index in [-0.39, 0.29) is 5.91 Å². The SMILES string of the molecule is CCCC(C)(NC(=O)c1cc(Br)sc1Br)C(=O)O. The van der Waals surface area contributed by atoms with Gasteiger partial charge in [-0.2, -0.15) is 0 Å². The maximum absolute atomic E-state index is 12.1. The van der Waals surface area contributed by atoms with E-state index in [9.17, 15) is 14.7 Å². The fraction of sp³-hybridized carbons (Fsp3) is 0.455. The lowest BCUT2D eigenvalue weighted by atomic mass is 9.96. The third-order valence-corrected chi connectivity index (χ3v) is 4.85. The van der Waals surface area contributed by atoms with Gasteiger partial charge in [-0.15, -0.1) is 11.3 Å². The third kappa shape index (κ3) is 3.55. The van der Waals surface area contributed by atoms with E-state index in [2.05, 4.69) is 37.2 Å². The van der Waals surface area contributed by atoms with Crippen LogP contribution in [0.4, 0.5) is 0 Å². The van der Waals surface area contributed by atoms with Crippen molar-refractivity contribution in [2.45, 2.75) is 32.2 Å². The number of carbonyl (C=O) groups is 2. The van der Waals surface area contributed by atoms with Gasteiger partial charge in [0, 0.05) is 0 Å². The molecule has 0 radical (unpaired) electrons. The summed E-state index contributed by atoms with van der Waals surface area (Å²) in [6, 6.07) is 1.66. The van der Waals surface area contributed by atoms with Crippen LogP contribution in [0.25, 0.3) is 0 Å². The molecular formula is C11H13Br2NO3S. The van der Waals surface area contributed by atoms with E-state index in [0.717, 1.165) is 3.79 Å². The standard InChI is InChI=1S/C11H13Br2NO3S/c1-3-4-11(2,10(16)17)14-9(15)6-5-7(12)18-8(6)13/h5H,3-4H2,1-2H3,(H,14,15)(H,16,17). The lowest BCUT2D eigenvalue weighted by Gasteiger charge is -2.25. The molecule has 1 aromatic heterocycles. The first-order valence-electron chi connectivity index (χ1n) is 5.31. The number of halogens is 2. The normalized spacial score (nSPS) is 14.0. The van der Waals surface area contributed by atoms with E-state index in [4.69, 9.17) is 0 Å². The van der Waals surface area contributed by atoms with Crippen LogP contribution >= 0.6 is 43.2 Å². The number of aliphatic carboxylic acids is 1. The van der Waals surface area contributed by atoms with Gasteiger partial charge in [0.05, 0.1) is 13.1 Å². The quantitative estimate of drug-likeness (QED) is 0.795. The second-order valence-corrected chi connectivity index (χ2v) is 7.83. The highest BCUT2D eigenvalue weighted by Crippen LogP contribution is 2.32. The molecule has 0 aromatic carbocycles. The minimum absolute atomic E-state index is 0.386. The highest BCUT2D eigenvalue weighted by Gasteiger charge is 2.34. The summed E-state index contributed by atoms with van der Waals surface area (Å²) >= 11 is 7.93. The predicted octanol–water partition coefficient (Wildman–Crippen LogP) is 3.65. The van der Waals surface area contributed by atoms with Gasteiger partial charge in [-0.3, -0.25) is 4.79 Å². The second kappa shape index (κ2) is 6.16. The molecule has 0 fully saturated rings. The number of carbonyl (C=O) groups excluding carboxylic acids is 1. The van der Waals surface area contributed by atoms with Crippen LogP contribution in [0.5, 0.6) is 0 Å². The van der Waals surface area contributed by atoms with Gasteiger partial charge in [0.25, 0.3) is 5.91 Å². The molecule has 1 rings (SSSR count). The largest absolute Gasteiger partial charge is 0.480 e. The Hall–Kier alpha value is -0.400. The van der Waals surface area contributed by atoms with Crippen molar-refractivity contribution < 1.29 is 14.7 Å². The second-order valence-electron chi connectivity index (χ2n) is 4.08. The zero-order chi connectivity index (χ0) is 13.9. The molecule has 1 unspecified atom stereocenters. The Kier molecular flexibility index (Phi) is 5.36. The molecule has 100 valence electrons. The summed E-state index contributed by atoms with van der Waals surface area (Å²) in [4.78, 5) is 23.3. The molecule has 0 bridgehead atoms. The van der Waals surface area contributed by atoms with Crippen molar-refractivity contribution >= 4 is 55.1 Å². The number of amides is 1. The van der Waals surface area contributed by atoms with E-state index in [1.54, 1.807) is 6.07 Å². The number of carboxylic acids is 1. The molecule has 0 aliphatic carbocycles. The molecule has 7 heteroatoms. The lowest BCUT2D eigenvalue weighted by Crippen LogP contribution is -2.52. The molecule has 1 amide bonds. The summed E-state index contributed by atoms with van der Waals surface area (Å²) in [5.41, 5.74) is -0.796. The van der Waals surface area contributed by atoms with Crippen molar-refractivity contribution in [2.75, 3.05) is 0 Å². The number of hydrogen-bond acceptors (Lipinski definition) is 3. The van der Waals surface area contributed by atoms with Crippen LogP contribution in [0.3, 0.4) is 0 Å². The van der Waals surface area contributed by atoms with Gasteiger partial charge in [-0.05, 0) is 51.3 Å². The summed E-state index contributed by atoms with van der Waals surface area (Å²) in [5.74, 6) is -1.41. The Morgan fingerprint density at radius 1 is 1.50 bits per heavy atom. The number of rotatable bonds is 5. The van der Waals surface area contributed by atoms with Gasteiger partial charge >= 0.3 is 5.97 Å². The van der Waals surface area contributed by atoms with Crippen LogP contribution in [-0.2, 0) is 4.79 Å². The Morgan fingerprint density at radius 2 is 2.11 bits per heavy atom. The summed E-state index contributed by atoms with van der Waals surface area (Å²) in [6.45, 7) is 3.40. The number of thiophene rings is 1. The van der Waals surface area contributed by atoms with Gasteiger partial charge in [0.2, 0.25) is 0 Å². The Bertz CT molecular complexity index is 475. The van der Waals surface area contributed by atoms with Crippen molar-refractivity contribution in [3.63, 3.8) is 0 Å². The van der Waals surface area contributed by atoms with Crippen molar-refractivity contribution in [2.24, 2.45) is 0 Å². The molecule has 1 heterocycles.